The smallest absolute Gasteiger partial charge is 0.331 e. The van der Waals surface area contributed by atoms with Crippen molar-refractivity contribution in [3.63, 3.8) is 0 Å². The molecule has 0 spiro atoms. The normalized spacial score (nSPS) is 12.1. The Bertz CT molecular complexity index is 1010. The van der Waals surface area contributed by atoms with Crippen LogP contribution in [0.25, 0.3) is 17.0 Å². The molecule has 1 heterocycles. The van der Waals surface area contributed by atoms with Crippen LogP contribution >= 0.6 is 0 Å². The Balaban J connectivity index is 1.69. The van der Waals surface area contributed by atoms with Gasteiger partial charge in [0.1, 0.15) is 11.5 Å². The van der Waals surface area contributed by atoms with E-state index in [0.717, 1.165) is 10.9 Å². The molecule has 1 N–H and O–H groups in total. The minimum atomic E-state index is -0.906. The number of aromatic amines is 1. The number of carbonyl (C=O) groups is 2. The standard InChI is InChI=1S/C22H21NO5/c1-14(22(25)19-13-23-20-7-5-4-6-18(19)20)28-21(24)9-8-15-10-16(26-2)12-17(11-15)27-3/h4-14,23H,1-3H3/b9-8+/t14-/m1/s1. The second kappa shape index (κ2) is 8.43. The molecular weight excluding hydrogens is 358 g/mol. The van der Waals surface area contributed by atoms with E-state index < -0.39 is 12.1 Å². The van der Waals surface area contributed by atoms with E-state index in [1.807, 2.05) is 24.3 Å². The summed E-state index contributed by atoms with van der Waals surface area (Å²) in [5.41, 5.74) is 2.07. The lowest BCUT2D eigenvalue weighted by Crippen LogP contribution is -2.23. The fourth-order valence-corrected chi connectivity index (χ4v) is 2.85. The molecule has 0 radical (unpaired) electrons. The molecule has 6 heteroatoms. The van der Waals surface area contributed by atoms with E-state index in [-0.39, 0.29) is 5.78 Å². The van der Waals surface area contributed by atoms with Crippen molar-refractivity contribution in [2.24, 2.45) is 0 Å². The highest BCUT2D eigenvalue weighted by Gasteiger charge is 2.21. The van der Waals surface area contributed by atoms with Crippen LogP contribution < -0.4 is 9.47 Å². The zero-order valence-corrected chi connectivity index (χ0v) is 15.9. The third-order valence-corrected chi connectivity index (χ3v) is 4.30. The summed E-state index contributed by atoms with van der Waals surface area (Å²) in [6.45, 7) is 1.56. The maximum absolute atomic E-state index is 12.6. The molecule has 0 unspecified atom stereocenters. The van der Waals surface area contributed by atoms with Gasteiger partial charge >= 0.3 is 5.97 Å². The number of para-hydroxylation sites is 1. The van der Waals surface area contributed by atoms with Crippen LogP contribution in [0.5, 0.6) is 11.5 Å². The molecule has 0 fully saturated rings. The number of benzene rings is 2. The lowest BCUT2D eigenvalue weighted by Gasteiger charge is -2.10. The van der Waals surface area contributed by atoms with Gasteiger partial charge in [0.25, 0.3) is 0 Å². The van der Waals surface area contributed by atoms with Crippen LogP contribution in [0.15, 0.2) is 54.7 Å². The molecule has 0 saturated heterocycles. The van der Waals surface area contributed by atoms with Crippen molar-refractivity contribution >= 4 is 28.7 Å². The van der Waals surface area contributed by atoms with E-state index in [0.29, 0.717) is 22.6 Å². The molecule has 0 saturated carbocycles. The number of hydrogen-bond donors (Lipinski definition) is 1. The molecule has 0 aliphatic rings. The average Bonchev–Trinajstić information content (AvgIpc) is 3.15. The first kappa shape index (κ1) is 19.2. The molecule has 0 amide bonds. The van der Waals surface area contributed by atoms with E-state index in [9.17, 15) is 9.59 Å². The van der Waals surface area contributed by atoms with Crippen LogP contribution in [0.2, 0.25) is 0 Å². The minimum absolute atomic E-state index is 0.262. The number of ether oxygens (including phenoxy) is 3. The van der Waals surface area contributed by atoms with Crippen molar-refractivity contribution < 1.29 is 23.8 Å². The summed E-state index contributed by atoms with van der Waals surface area (Å²) in [6, 6.07) is 12.7. The second-order valence-corrected chi connectivity index (χ2v) is 6.17. The van der Waals surface area contributed by atoms with Gasteiger partial charge in [-0.1, -0.05) is 18.2 Å². The fraction of sp³-hybridized carbons (Fsp3) is 0.182. The number of hydrogen-bond acceptors (Lipinski definition) is 5. The zero-order valence-electron chi connectivity index (χ0n) is 15.9. The number of Topliss-reactive ketones (excluding diaryl/α,β-unsaturated/α-hetero) is 1. The van der Waals surface area contributed by atoms with Gasteiger partial charge in [-0.15, -0.1) is 0 Å². The molecule has 28 heavy (non-hydrogen) atoms. The van der Waals surface area contributed by atoms with Gasteiger partial charge < -0.3 is 19.2 Å². The number of aromatic nitrogens is 1. The summed E-state index contributed by atoms with van der Waals surface area (Å²) >= 11 is 0. The van der Waals surface area contributed by atoms with Crippen molar-refractivity contribution in [1.29, 1.82) is 0 Å². The quantitative estimate of drug-likeness (QED) is 0.381. The Morgan fingerprint density at radius 3 is 2.39 bits per heavy atom. The van der Waals surface area contributed by atoms with Crippen molar-refractivity contribution in [3.8, 4) is 11.5 Å². The maximum Gasteiger partial charge on any atom is 0.331 e. The van der Waals surface area contributed by atoms with E-state index in [4.69, 9.17) is 14.2 Å². The summed E-state index contributed by atoms with van der Waals surface area (Å²) in [5, 5.41) is 0.800. The number of nitrogens with one attached hydrogen (secondary N) is 1. The second-order valence-electron chi connectivity index (χ2n) is 6.17. The first-order chi connectivity index (χ1) is 13.5. The van der Waals surface area contributed by atoms with Crippen LogP contribution in [0.4, 0.5) is 0 Å². The average molecular weight is 379 g/mol. The highest BCUT2D eigenvalue weighted by Crippen LogP contribution is 2.23. The number of H-pyrrole nitrogens is 1. The van der Waals surface area contributed by atoms with Crippen LogP contribution in [0.3, 0.4) is 0 Å². The van der Waals surface area contributed by atoms with Crippen LogP contribution in [0.1, 0.15) is 22.8 Å². The fourth-order valence-electron chi connectivity index (χ4n) is 2.85. The Morgan fingerprint density at radius 2 is 1.71 bits per heavy atom. The SMILES string of the molecule is COc1cc(/C=C/C(=O)O[C@H](C)C(=O)c2c[nH]c3ccccc23)cc(OC)c1. The Kier molecular flexibility index (Phi) is 5.79. The molecular formula is C22H21NO5. The first-order valence-corrected chi connectivity index (χ1v) is 8.74. The summed E-state index contributed by atoms with van der Waals surface area (Å²) in [6.07, 6.45) is 3.58. The van der Waals surface area contributed by atoms with Crippen LogP contribution in [-0.2, 0) is 9.53 Å². The van der Waals surface area contributed by atoms with E-state index in [1.165, 1.54) is 6.08 Å². The predicted molar refractivity (Wildman–Crippen MR) is 107 cm³/mol. The molecule has 3 aromatic rings. The molecule has 0 aliphatic heterocycles. The molecule has 2 aromatic carbocycles. The van der Waals surface area contributed by atoms with Gasteiger partial charge in [0.05, 0.1) is 14.2 Å². The Hall–Kier alpha value is -3.54. The third-order valence-electron chi connectivity index (χ3n) is 4.30. The van der Waals surface area contributed by atoms with Crippen LogP contribution in [-0.4, -0.2) is 37.1 Å². The maximum atomic E-state index is 12.6. The summed E-state index contributed by atoms with van der Waals surface area (Å²) < 4.78 is 15.7. The van der Waals surface area contributed by atoms with Gasteiger partial charge in [-0.25, -0.2) is 4.79 Å². The lowest BCUT2D eigenvalue weighted by molar-refractivity contribution is -0.140. The largest absolute Gasteiger partial charge is 0.497 e. The van der Waals surface area contributed by atoms with Crippen molar-refractivity contribution in [3.05, 3.63) is 65.9 Å². The molecule has 3 rings (SSSR count). The van der Waals surface area contributed by atoms with Crippen molar-refractivity contribution in [2.45, 2.75) is 13.0 Å². The summed E-state index contributed by atoms with van der Waals surface area (Å²) in [7, 11) is 3.10. The minimum Gasteiger partial charge on any atom is -0.497 e. The predicted octanol–water partition coefficient (Wildman–Crippen LogP) is 4.01. The van der Waals surface area contributed by atoms with Gasteiger partial charge in [0.15, 0.2) is 6.10 Å². The van der Waals surface area contributed by atoms with Gasteiger partial charge in [0, 0.05) is 34.8 Å². The highest BCUT2D eigenvalue weighted by atomic mass is 16.5. The third kappa shape index (κ3) is 4.23. The van der Waals surface area contributed by atoms with Crippen LogP contribution in [0, 0.1) is 0 Å². The van der Waals surface area contributed by atoms with Gasteiger partial charge in [-0.2, -0.15) is 0 Å². The molecule has 1 atom stereocenters. The number of carbonyl (C=O) groups excluding carboxylic acids is 2. The Labute approximate surface area is 162 Å². The van der Waals surface area contributed by atoms with Gasteiger partial charge in [-0.05, 0) is 36.8 Å². The van der Waals surface area contributed by atoms with Crippen molar-refractivity contribution in [2.75, 3.05) is 14.2 Å². The summed E-state index contributed by atoms with van der Waals surface area (Å²) in [5.74, 6) is 0.343. The number of methoxy groups -OCH3 is 2. The number of rotatable bonds is 7. The van der Waals surface area contributed by atoms with E-state index in [1.54, 1.807) is 51.6 Å². The topological polar surface area (TPSA) is 77.6 Å². The monoisotopic (exact) mass is 379 g/mol. The zero-order chi connectivity index (χ0) is 20.1. The van der Waals surface area contributed by atoms with Gasteiger partial charge in [0.2, 0.25) is 5.78 Å². The van der Waals surface area contributed by atoms with E-state index >= 15 is 0 Å². The Morgan fingerprint density at radius 1 is 1.04 bits per heavy atom. The number of ketones is 1. The molecule has 0 aliphatic carbocycles. The number of fused-ring (bicyclic) bond motifs is 1. The molecule has 0 bridgehead atoms. The first-order valence-electron chi connectivity index (χ1n) is 8.74. The summed E-state index contributed by atoms with van der Waals surface area (Å²) in [4.78, 5) is 27.8. The highest BCUT2D eigenvalue weighted by molar-refractivity contribution is 6.10. The van der Waals surface area contributed by atoms with E-state index in [2.05, 4.69) is 4.98 Å². The van der Waals surface area contributed by atoms with Gasteiger partial charge in [-0.3, -0.25) is 4.79 Å². The molecule has 144 valence electrons. The molecule has 6 nitrogen and oxygen atoms in total. The lowest BCUT2D eigenvalue weighted by atomic mass is 10.1. The van der Waals surface area contributed by atoms with Crippen molar-refractivity contribution in [1.82, 2.24) is 4.98 Å². The number of esters is 1. The molecule has 1 aromatic heterocycles.